The van der Waals surface area contributed by atoms with Crippen molar-refractivity contribution >= 4 is 34.0 Å². The van der Waals surface area contributed by atoms with Crippen molar-refractivity contribution in [1.29, 1.82) is 5.26 Å². The average Bonchev–Trinajstić information content (AvgIpc) is 3.30. The van der Waals surface area contributed by atoms with Gasteiger partial charge in [-0.15, -0.1) is 0 Å². The van der Waals surface area contributed by atoms with E-state index in [4.69, 9.17) is 4.74 Å². The van der Waals surface area contributed by atoms with E-state index in [0.29, 0.717) is 11.4 Å². The second-order valence-electron chi connectivity index (χ2n) is 8.83. The molecule has 38 heavy (non-hydrogen) atoms. The minimum atomic E-state index is -0.868. The van der Waals surface area contributed by atoms with Crippen LogP contribution in [0.25, 0.3) is 10.9 Å². The van der Waals surface area contributed by atoms with Gasteiger partial charge < -0.3 is 20.3 Å². The number of rotatable bonds is 6. The van der Waals surface area contributed by atoms with Gasteiger partial charge in [0.2, 0.25) is 11.8 Å². The Hall–Kier alpha value is -4.56. The van der Waals surface area contributed by atoms with Crippen LogP contribution >= 0.6 is 0 Å². The van der Waals surface area contributed by atoms with Crippen molar-refractivity contribution in [1.82, 2.24) is 19.9 Å². The first-order valence-electron chi connectivity index (χ1n) is 12.2. The van der Waals surface area contributed by atoms with Crippen LogP contribution in [-0.4, -0.2) is 46.6 Å². The Morgan fingerprint density at radius 2 is 1.92 bits per heavy atom. The fraction of sp³-hybridized carbons (Fsp3) is 0.259. The largest absolute Gasteiger partial charge is 0.434 e. The second-order valence-corrected chi connectivity index (χ2v) is 8.83. The molecule has 0 bridgehead atoms. The van der Waals surface area contributed by atoms with Gasteiger partial charge in [0.15, 0.2) is 28.8 Å². The highest BCUT2D eigenvalue weighted by molar-refractivity contribution is 5.95. The van der Waals surface area contributed by atoms with Crippen LogP contribution in [0.1, 0.15) is 29.4 Å². The van der Waals surface area contributed by atoms with E-state index >= 15 is 8.78 Å². The van der Waals surface area contributed by atoms with Crippen LogP contribution in [0, 0.1) is 29.9 Å². The number of hydrogen-bond acceptors (Lipinski definition) is 8. The van der Waals surface area contributed by atoms with Gasteiger partial charge in [-0.05, 0) is 37.3 Å². The first-order valence-corrected chi connectivity index (χ1v) is 12.2. The molecule has 0 saturated carbocycles. The lowest BCUT2D eigenvalue weighted by molar-refractivity contribution is 0.0911. The maximum Gasteiger partial charge on any atom is 0.242 e. The van der Waals surface area contributed by atoms with Gasteiger partial charge in [-0.2, -0.15) is 5.26 Å². The molecule has 5 rings (SSSR count). The molecular weight excluding hydrogens is 492 g/mol. The molecular formula is C27H25F2N7O2. The number of hydrogen-bond donors (Lipinski definition) is 2. The van der Waals surface area contributed by atoms with Gasteiger partial charge in [-0.3, -0.25) is 9.36 Å². The van der Waals surface area contributed by atoms with Crippen molar-refractivity contribution in [3.63, 3.8) is 0 Å². The van der Waals surface area contributed by atoms with Gasteiger partial charge in [-0.1, -0.05) is 6.92 Å². The van der Waals surface area contributed by atoms with Crippen molar-refractivity contribution < 1.29 is 18.3 Å². The van der Waals surface area contributed by atoms with E-state index in [0.717, 1.165) is 42.5 Å². The third-order valence-electron chi connectivity index (χ3n) is 6.42. The van der Waals surface area contributed by atoms with Gasteiger partial charge >= 0.3 is 0 Å². The van der Waals surface area contributed by atoms with E-state index in [2.05, 4.69) is 25.5 Å². The summed E-state index contributed by atoms with van der Waals surface area (Å²) in [6, 6.07) is 11.9. The first kappa shape index (κ1) is 25.1. The Bertz CT molecular complexity index is 1550. The highest BCUT2D eigenvalue weighted by atomic mass is 19.1. The van der Waals surface area contributed by atoms with Crippen molar-refractivity contribution in [2.45, 2.75) is 20.3 Å². The smallest absolute Gasteiger partial charge is 0.242 e. The summed E-state index contributed by atoms with van der Waals surface area (Å²) in [4.78, 5) is 22.7. The van der Waals surface area contributed by atoms with E-state index in [1.807, 2.05) is 30.3 Å². The molecule has 1 fully saturated rings. The molecule has 11 heteroatoms. The molecule has 3 heterocycles. The molecule has 0 radical (unpaired) electrons. The number of piperazine rings is 1. The van der Waals surface area contributed by atoms with Crippen molar-refractivity contribution in [2.24, 2.45) is 0 Å². The van der Waals surface area contributed by atoms with E-state index in [1.54, 1.807) is 13.8 Å². The predicted molar refractivity (Wildman–Crippen MR) is 139 cm³/mol. The number of anilines is 3. The molecule has 1 saturated heterocycles. The average molecular weight is 518 g/mol. The Balaban J connectivity index is 1.44. The Labute approximate surface area is 217 Å². The van der Waals surface area contributed by atoms with Crippen LogP contribution in [0.2, 0.25) is 0 Å². The molecule has 9 nitrogen and oxygen atoms in total. The highest BCUT2D eigenvalue weighted by Gasteiger charge is 2.23. The first-order chi connectivity index (χ1) is 18.4. The van der Waals surface area contributed by atoms with Crippen molar-refractivity contribution in [2.75, 3.05) is 36.4 Å². The monoisotopic (exact) mass is 517 g/mol. The van der Waals surface area contributed by atoms with Gasteiger partial charge in [0, 0.05) is 61.1 Å². The molecule has 1 aliphatic heterocycles. The fourth-order valence-corrected chi connectivity index (χ4v) is 4.54. The zero-order chi connectivity index (χ0) is 26.8. The van der Waals surface area contributed by atoms with Gasteiger partial charge in [-0.25, -0.2) is 18.7 Å². The Morgan fingerprint density at radius 3 is 2.61 bits per heavy atom. The topological polar surface area (TPSA) is 108 Å². The van der Waals surface area contributed by atoms with E-state index in [1.165, 1.54) is 12.4 Å². The number of nitriles is 1. The third-order valence-corrected chi connectivity index (χ3v) is 6.42. The SMILES string of the molecule is CCC(=O)n1c(C)cc2c(F)c(Oc3ncnc(Nc4ccc(N5CCNCC5)cc4)c3C#N)cc(F)c21. The molecule has 0 amide bonds. The summed E-state index contributed by atoms with van der Waals surface area (Å²) in [5, 5.41) is 16.1. The van der Waals surface area contributed by atoms with Crippen LogP contribution in [0.3, 0.4) is 0 Å². The van der Waals surface area contributed by atoms with Crippen molar-refractivity contribution in [3.8, 4) is 17.7 Å². The predicted octanol–water partition coefficient (Wildman–Crippen LogP) is 4.89. The summed E-state index contributed by atoms with van der Waals surface area (Å²) in [5.41, 5.74) is 1.93. The number of carbonyl (C=O) groups is 1. The zero-order valence-corrected chi connectivity index (χ0v) is 20.9. The molecule has 2 N–H and O–H groups in total. The minimum Gasteiger partial charge on any atom is -0.434 e. The van der Waals surface area contributed by atoms with Crippen LogP contribution in [0.4, 0.5) is 26.0 Å². The third kappa shape index (κ3) is 4.62. The second kappa shape index (κ2) is 10.4. The van der Waals surface area contributed by atoms with Crippen LogP contribution < -0.4 is 20.3 Å². The number of aryl methyl sites for hydroxylation is 1. The summed E-state index contributed by atoms with van der Waals surface area (Å²) >= 11 is 0. The number of ether oxygens (including phenoxy) is 1. The van der Waals surface area contributed by atoms with Crippen LogP contribution in [-0.2, 0) is 0 Å². The van der Waals surface area contributed by atoms with Gasteiger partial charge in [0.25, 0.3) is 0 Å². The van der Waals surface area contributed by atoms with Crippen molar-refractivity contribution in [3.05, 3.63) is 65.6 Å². The lowest BCUT2D eigenvalue weighted by Gasteiger charge is -2.29. The normalized spacial score (nSPS) is 13.4. The lowest BCUT2D eigenvalue weighted by Crippen LogP contribution is -2.43. The molecule has 2 aromatic heterocycles. The van der Waals surface area contributed by atoms with E-state index in [-0.39, 0.29) is 40.5 Å². The quantitative estimate of drug-likeness (QED) is 0.372. The number of halogens is 2. The zero-order valence-electron chi connectivity index (χ0n) is 20.9. The molecule has 1 aliphatic rings. The standard InChI is InChI=1S/C27H25F2N7O2/c1-3-23(37)36-16(2)12-19-24(29)22(13-21(28)25(19)36)38-27-20(14-30)26(32-15-33-27)34-17-4-6-18(7-5-17)35-10-8-31-9-11-35/h4-7,12-13,15,31H,3,8-11H2,1-2H3,(H,32,33,34). The molecule has 0 unspecified atom stereocenters. The summed E-state index contributed by atoms with van der Waals surface area (Å²) in [6.07, 6.45) is 1.30. The summed E-state index contributed by atoms with van der Waals surface area (Å²) in [7, 11) is 0. The van der Waals surface area contributed by atoms with E-state index < -0.39 is 17.4 Å². The molecule has 0 atom stereocenters. The molecule has 4 aromatic rings. The Kier molecular flexibility index (Phi) is 6.89. The van der Waals surface area contributed by atoms with Crippen LogP contribution in [0.15, 0.2) is 42.7 Å². The fourth-order valence-electron chi connectivity index (χ4n) is 4.54. The van der Waals surface area contributed by atoms with Crippen LogP contribution in [0.5, 0.6) is 11.6 Å². The molecule has 0 aliphatic carbocycles. The molecule has 194 valence electrons. The number of carbonyl (C=O) groups excluding carboxylic acids is 1. The summed E-state index contributed by atoms with van der Waals surface area (Å²) in [6.45, 7) is 6.92. The summed E-state index contributed by atoms with van der Waals surface area (Å²) in [5.74, 6) is -2.60. The molecule has 0 spiro atoms. The minimum absolute atomic E-state index is 0.0755. The highest BCUT2D eigenvalue weighted by Crippen LogP contribution is 2.36. The van der Waals surface area contributed by atoms with E-state index in [9.17, 15) is 10.1 Å². The summed E-state index contributed by atoms with van der Waals surface area (Å²) < 4.78 is 37.2. The number of nitrogens with one attached hydrogen (secondary N) is 2. The number of benzene rings is 2. The number of aromatic nitrogens is 3. The number of nitrogens with zero attached hydrogens (tertiary/aromatic N) is 5. The lowest BCUT2D eigenvalue weighted by atomic mass is 10.2. The Morgan fingerprint density at radius 1 is 1.18 bits per heavy atom. The van der Waals surface area contributed by atoms with Gasteiger partial charge in [0.1, 0.15) is 12.4 Å². The van der Waals surface area contributed by atoms with Gasteiger partial charge in [0.05, 0.1) is 5.52 Å². The number of fused-ring (bicyclic) bond motifs is 1. The maximum atomic E-state index is 15.4. The molecule has 2 aromatic carbocycles. The maximum absolute atomic E-state index is 15.4.